The molecular weight excluding hydrogens is 228 g/mol. The van der Waals surface area contributed by atoms with Gasteiger partial charge in [0.15, 0.2) is 0 Å². The Labute approximate surface area is 96.9 Å². The van der Waals surface area contributed by atoms with E-state index in [2.05, 4.69) is 5.10 Å². The van der Waals surface area contributed by atoms with E-state index in [0.717, 1.165) is 11.4 Å². The number of aryl methyl sites for hydroxylation is 2. The highest BCUT2D eigenvalue weighted by Gasteiger charge is 2.34. The molecule has 1 unspecified atom stereocenters. The van der Waals surface area contributed by atoms with Crippen LogP contribution in [-0.4, -0.2) is 29.8 Å². The van der Waals surface area contributed by atoms with E-state index in [1.165, 1.54) is 13.8 Å². The van der Waals surface area contributed by atoms with Crippen molar-refractivity contribution >= 4 is 16.8 Å². The van der Waals surface area contributed by atoms with Gasteiger partial charge in [-0.05, 0) is 26.8 Å². The van der Waals surface area contributed by atoms with Crippen LogP contribution < -0.4 is 0 Å². The first-order valence-corrected chi connectivity index (χ1v) is 6.18. The second kappa shape index (κ2) is 4.37. The fraction of sp³-hybridized carbons (Fsp3) is 0.600. The van der Waals surface area contributed by atoms with Crippen molar-refractivity contribution in [3.63, 3.8) is 0 Å². The van der Waals surface area contributed by atoms with Crippen LogP contribution in [0.25, 0.3) is 0 Å². The number of hydrogen-bond acceptors (Lipinski definition) is 3. The standard InChI is InChI=1S/C10H16N2O3S/c1-7-5-8(12(4)11-7)6-16(15)10(2,3)9(13)14/h5H,6H2,1-4H3,(H,13,14). The Morgan fingerprint density at radius 3 is 2.56 bits per heavy atom. The van der Waals surface area contributed by atoms with E-state index in [4.69, 9.17) is 5.11 Å². The topological polar surface area (TPSA) is 72.2 Å². The second-order valence-corrected chi connectivity index (χ2v) is 6.21. The molecule has 0 aliphatic heterocycles. The molecule has 0 saturated heterocycles. The second-order valence-electron chi connectivity index (χ2n) is 4.21. The van der Waals surface area contributed by atoms with E-state index in [9.17, 15) is 9.00 Å². The normalized spacial score (nSPS) is 13.8. The van der Waals surface area contributed by atoms with Crippen molar-refractivity contribution in [2.75, 3.05) is 0 Å². The third-order valence-corrected chi connectivity index (χ3v) is 4.33. The maximum absolute atomic E-state index is 11.9. The molecule has 0 aliphatic carbocycles. The summed E-state index contributed by atoms with van der Waals surface area (Å²) in [5.74, 6) is -0.846. The van der Waals surface area contributed by atoms with Crippen molar-refractivity contribution in [3.05, 3.63) is 17.5 Å². The van der Waals surface area contributed by atoms with Gasteiger partial charge in [-0.1, -0.05) is 0 Å². The van der Waals surface area contributed by atoms with Crippen LogP contribution in [0.2, 0.25) is 0 Å². The van der Waals surface area contributed by atoms with E-state index in [-0.39, 0.29) is 5.75 Å². The third kappa shape index (κ3) is 2.49. The summed E-state index contributed by atoms with van der Waals surface area (Å²) >= 11 is 0. The average molecular weight is 244 g/mol. The molecule has 0 saturated carbocycles. The molecule has 90 valence electrons. The molecule has 0 amide bonds. The summed E-state index contributed by atoms with van der Waals surface area (Å²) in [6, 6.07) is 1.82. The number of carboxylic acid groups (broad SMARTS) is 1. The molecule has 0 radical (unpaired) electrons. The van der Waals surface area contributed by atoms with E-state index in [0.29, 0.717) is 0 Å². The highest BCUT2D eigenvalue weighted by atomic mass is 32.2. The molecule has 1 heterocycles. The number of carboxylic acids is 1. The predicted molar refractivity (Wildman–Crippen MR) is 61.5 cm³/mol. The van der Waals surface area contributed by atoms with Gasteiger partial charge in [-0.2, -0.15) is 5.10 Å². The first-order chi connectivity index (χ1) is 7.25. The SMILES string of the molecule is Cc1cc(CS(=O)C(C)(C)C(=O)O)n(C)n1. The summed E-state index contributed by atoms with van der Waals surface area (Å²) in [6.45, 7) is 4.78. The highest BCUT2D eigenvalue weighted by Crippen LogP contribution is 2.17. The summed E-state index contributed by atoms with van der Waals surface area (Å²) in [5.41, 5.74) is 1.62. The van der Waals surface area contributed by atoms with Crippen molar-refractivity contribution < 1.29 is 14.1 Å². The minimum absolute atomic E-state index is 0.205. The van der Waals surface area contributed by atoms with Crippen molar-refractivity contribution in [2.24, 2.45) is 7.05 Å². The molecule has 0 aliphatic rings. The van der Waals surface area contributed by atoms with Crippen molar-refractivity contribution in [1.82, 2.24) is 9.78 Å². The average Bonchev–Trinajstić information content (AvgIpc) is 2.44. The molecular formula is C10H16N2O3S. The fourth-order valence-electron chi connectivity index (χ4n) is 1.21. The van der Waals surface area contributed by atoms with E-state index >= 15 is 0 Å². The van der Waals surface area contributed by atoms with E-state index in [1.807, 2.05) is 13.0 Å². The van der Waals surface area contributed by atoms with Crippen LogP contribution in [0.5, 0.6) is 0 Å². The molecule has 1 aromatic heterocycles. The lowest BCUT2D eigenvalue weighted by Gasteiger charge is -2.18. The van der Waals surface area contributed by atoms with Gasteiger partial charge in [0, 0.05) is 17.8 Å². The predicted octanol–water partition coefficient (Wildman–Crippen LogP) is 0.840. The summed E-state index contributed by atoms with van der Waals surface area (Å²) in [5, 5.41) is 13.1. The number of rotatable bonds is 4. The minimum Gasteiger partial charge on any atom is -0.480 e. The molecule has 0 fully saturated rings. The van der Waals surface area contributed by atoms with Gasteiger partial charge in [0.2, 0.25) is 0 Å². The van der Waals surface area contributed by atoms with Crippen molar-refractivity contribution in [1.29, 1.82) is 0 Å². The zero-order valence-corrected chi connectivity index (χ0v) is 10.7. The van der Waals surface area contributed by atoms with Crippen LogP contribution in [0.1, 0.15) is 25.2 Å². The molecule has 0 bridgehead atoms. The van der Waals surface area contributed by atoms with Crippen LogP contribution in [0.15, 0.2) is 6.07 Å². The summed E-state index contributed by atoms with van der Waals surface area (Å²) in [6.07, 6.45) is 0. The summed E-state index contributed by atoms with van der Waals surface area (Å²) in [4.78, 5) is 10.9. The third-order valence-electron chi connectivity index (χ3n) is 2.46. The van der Waals surface area contributed by atoms with Gasteiger partial charge in [-0.25, -0.2) is 0 Å². The number of nitrogens with zero attached hydrogens (tertiary/aromatic N) is 2. The van der Waals surface area contributed by atoms with Gasteiger partial charge >= 0.3 is 5.97 Å². The van der Waals surface area contributed by atoms with Crippen molar-refractivity contribution in [2.45, 2.75) is 31.3 Å². The molecule has 1 atom stereocenters. The molecule has 1 rings (SSSR count). The lowest BCUT2D eigenvalue weighted by Crippen LogP contribution is -2.37. The largest absolute Gasteiger partial charge is 0.480 e. The van der Waals surface area contributed by atoms with Crippen LogP contribution in [-0.2, 0) is 28.4 Å². The smallest absolute Gasteiger partial charge is 0.321 e. The zero-order valence-electron chi connectivity index (χ0n) is 9.85. The summed E-state index contributed by atoms with van der Waals surface area (Å²) in [7, 11) is 0.288. The zero-order chi connectivity index (χ0) is 12.5. The Morgan fingerprint density at radius 2 is 2.19 bits per heavy atom. The van der Waals surface area contributed by atoms with Crippen LogP contribution in [0.4, 0.5) is 0 Å². The van der Waals surface area contributed by atoms with E-state index in [1.54, 1.807) is 11.7 Å². The fourth-order valence-corrected chi connectivity index (χ4v) is 2.31. The minimum atomic E-state index is -1.47. The van der Waals surface area contributed by atoms with Crippen LogP contribution >= 0.6 is 0 Å². The lowest BCUT2D eigenvalue weighted by atomic mass is 10.2. The van der Waals surface area contributed by atoms with Gasteiger partial charge in [-0.15, -0.1) is 0 Å². The van der Waals surface area contributed by atoms with Gasteiger partial charge in [0.05, 0.1) is 17.1 Å². The maximum Gasteiger partial charge on any atom is 0.321 e. The first kappa shape index (κ1) is 12.9. The van der Waals surface area contributed by atoms with Crippen molar-refractivity contribution in [3.8, 4) is 0 Å². The van der Waals surface area contributed by atoms with Gasteiger partial charge < -0.3 is 5.11 Å². The molecule has 0 spiro atoms. The monoisotopic (exact) mass is 244 g/mol. The number of aromatic nitrogens is 2. The highest BCUT2D eigenvalue weighted by molar-refractivity contribution is 7.86. The Kier molecular flexibility index (Phi) is 3.52. The molecule has 16 heavy (non-hydrogen) atoms. The quantitative estimate of drug-likeness (QED) is 0.852. The summed E-state index contributed by atoms with van der Waals surface area (Å²) < 4.78 is 12.3. The van der Waals surface area contributed by atoms with Gasteiger partial charge in [0.25, 0.3) is 0 Å². The Morgan fingerprint density at radius 1 is 1.62 bits per heavy atom. The molecule has 1 N–H and O–H groups in total. The molecule has 0 aromatic carbocycles. The lowest BCUT2D eigenvalue weighted by molar-refractivity contribution is -0.139. The molecule has 6 heteroatoms. The Balaban J connectivity index is 2.87. The number of aliphatic carboxylic acids is 1. The van der Waals surface area contributed by atoms with E-state index < -0.39 is 21.5 Å². The van der Waals surface area contributed by atoms with Gasteiger partial charge in [0.1, 0.15) is 4.75 Å². The van der Waals surface area contributed by atoms with Crippen LogP contribution in [0.3, 0.4) is 0 Å². The maximum atomic E-state index is 11.9. The number of carbonyl (C=O) groups is 1. The molecule has 1 aromatic rings. The first-order valence-electron chi connectivity index (χ1n) is 4.86. The Hall–Kier alpha value is -1.17. The number of hydrogen-bond donors (Lipinski definition) is 1. The van der Waals surface area contributed by atoms with Crippen LogP contribution in [0, 0.1) is 6.92 Å². The Bertz CT molecular complexity index is 437. The van der Waals surface area contributed by atoms with Gasteiger partial charge in [-0.3, -0.25) is 13.7 Å². The molecule has 5 nitrogen and oxygen atoms in total.